The number of nitrogens with one attached hydrogen (secondary N) is 2. The molecule has 0 unspecified atom stereocenters. The molecule has 1 aromatic heterocycles. The molecule has 0 aliphatic rings. The van der Waals surface area contributed by atoms with Crippen LogP contribution in [0, 0.1) is 0 Å². The van der Waals surface area contributed by atoms with Crippen LogP contribution in [0.4, 0.5) is 17.3 Å². The van der Waals surface area contributed by atoms with Gasteiger partial charge in [0.2, 0.25) is 0 Å². The molecule has 0 aliphatic heterocycles. The summed E-state index contributed by atoms with van der Waals surface area (Å²) in [6.45, 7) is 4.24. The highest BCUT2D eigenvalue weighted by atomic mass is 16.5. The number of rotatable bonds is 6. The molecule has 1 aromatic carbocycles. The van der Waals surface area contributed by atoms with Gasteiger partial charge in [-0.1, -0.05) is 18.2 Å². The maximum absolute atomic E-state index is 11.7. The first kappa shape index (κ1) is 14.5. The molecule has 2 aromatic rings. The van der Waals surface area contributed by atoms with Crippen LogP contribution in [0.15, 0.2) is 49.3 Å². The molecule has 0 fully saturated rings. The zero-order chi connectivity index (χ0) is 15.1. The minimum absolute atomic E-state index is 0.405. The topological polar surface area (TPSA) is 76.1 Å². The fourth-order valence-corrected chi connectivity index (χ4v) is 1.72. The summed E-state index contributed by atoms with van der Waals surface area (Å²) < 4.78 is 4.76. The number of ether oxygens (including phenoxy) is 1. The van der Waals surface area contributed by atoms with Gasteiger partial charge in [0.1, 0.15) is 18.0 Å². The first-order valence-corrected chi connectivity index (χ1v) is 6.35. The molecule has 0 saturated carbocycles. The van der Waals surface area contributed by atoms with E-state index in [0.29, 0.717) is 29.4 Å². The van der Waals surface area contributed by atoms with Gasteiger partial charge >= 0.3 is 5.97 Å². The third-order valence-electron chi connectivity index (χ3n) is 2.69. The van der Waals surface area contributed by atoms with Crippen LogP contribution in [0.5, 0.6) is 0 Å². The van der Waals surface area contributed by atoms with Crippen LogP contribution >= 0.6 is 0 Å². The van der Waals surface area contributed by atoms with Gasteiger partial charge in [0.05, 0.1) is 18.4 Å². The van der Waals surface area contributed by atoms with E-state index in [1.807, 2.05) is 6.07 Å². The largest absolute Gasteiger partial charge is 0.465 e. The van der Waals surface area contributed by atoms with Gasteiger partial charge in [-0.25, -0.2) is 14.8 Å². The number of carbonyl (C=O) groups excluding carboxylic acids is 1. The Hall–Kier alpha value is -2.89. The van der Waals surface area contributed by atoms with Crippen molar-refractivity contribution in [3.05, 3.63) is 54.9 Å². The highest BCUT2D eigenvalue weighted by molar-refractivity contribution is 5.96. The number of benzene rings is 1. The number of hydrogen-bond donors (Lipinski definition) is 2. The van der Waals surface area contributed by atoms with Crippen molar-refractivity contribution in [3.63, 3.8) is 0 Å². The maximum atomic E-state index is 11.7. The normalized spacial score (nSPS) is 9.76. The van der Waals surface area contributed by atoms with Crippen molar-refractivity contribution in [3.8, 4) is 0 Å². The van der Waals surface area contributed by atoms with Gasteiger partial charge in [0.25, 0.3) is 0 Å². The zero-order valence-electron chi connectivity index (χ0n) is 11.7. The molecule has 2 N–H and O–H groups in total. The number of para-hydroxylation sites is 1. The second-order valence-electron chi connectivity index (χ2n) is 4.12. The van der Waals surface area contributed by atoms with E-state index in [1.54, 1.807) is 30.3 Å². The SMILES string of the molecule is C=CCNc1cc(Nc2ccccc2C(=O)OC)ncn1. The van der Waals surface area contributed by atoms with Crippen LogP contribution in [0.2, 0.25) is 0 Å². The van der Waals surface area contributed by atoms with Gasteiger partial charge in [-0.3, -0.25) is 0 Å². The van der Waals surface area contributed by atoms with E-state index < -0.39 is 5.97 Å². The van der Waals surface area contributed by atoms with Gasteiger partial charge in [0.15, 0.2) is 0 Å². The lowest BCUT2D eigenvalue weighted by Crippen LogP contribution is -2.07. The lowest BCUT2D eigenvalue weighted by molar-refractivity contribution is 0.0602. The van der Waals surface area contributed by atoms with Gasteiger partial charge < -0.3 is 15.4 Å². The molecule has 0 saturated heterocycles. The molecule has 0 bridgehead atoms. The average molecular weight is 284 g/mol. The van der Waals surface area contributed by atoms with E-state index in [1.165, 1.54) is 13.4 Å². The highest BCUT2D eigenvalue weighted by Crippen LogP contribution is 2.21. The lowest BCUT2D eigenvalue weighted by Gasteiger charge is -2.10. The Labute approximate surface area is 122 Å². The summed E-state index contributed by atoms with van der Waals surface area (Å²) in [7, 11) is 1.35. The van der Waals surface area contributed by atoms with Crippen LogP contribution in [0.1, 0.15) is 10.4 Å². The number of carbonyl (C=O) groups is 1. The summed E-state index contributed by atoms with van der Waals surface area (Å²) in [4.78, 5) is 19.9. The molecule has 108 valence electrons. The Kier molecular flexibility index (Phi) is 4.87. The number of esters is 1. The predicted molar refractivity (Wildman–Crippen MR) is 81.8 cm³/mol. The van der Waals surface area contributed by atoms with Crippen molar-refractivity contribution in [1.82, 2.24) is 9.97 Å². The summed E-state index contributed by atoms with van der Waals surface area (Å²) in [5.41, 5.74) is 1.07. The van der Waals surface area contributed by atoms with Crippen molar-refractivity contribution in [2.24, 2.45) is 0 Å². The third-order valence-corrected chi connectivity index (χ3v) is 2.69. The molecule has 0 radical (unpaired) electrons. The Morgan fingerprint density at radius 1 is 1.33 bits per heavy atom. The van der Waals surface area contributed by atoms with Crippen LogP contribution in [0.3, 0.4) is 0 Å². The average Bonchev–Trinajstić information content (AvgIpc) is 2.53. The quantitative estimate of drug-likeness (QED) is 0.627. The van der Waals surface area contributed by atoms with E-state index in [-0.39, 0.29) is 0 Å². The van der Waals surface area contributed by atoms with Gasteiger partial charge in [-0.15, -0.1) is 6.58 Å². The second-order valence-corrected chi connectivity index (χ2v) is 4.12. The zero-order valence-corrected chi connectivity index (χ0v) is 11.7. The summed E-state index contributed by atoms with van der Waals surface area (Å²) in [6, 6.07) is 8.82. The molecule has 0 spiro atoms. The first-order valence-electron chi connectivity index (χ1n) is 6.35. The Morgan fingerprint density at radius 3 is 2.86 bits per heavy atom. The summed E-state index contributed by atoms with van der Waals surface area (Å²) in [5, 5.41) is 6.16. The lowest BCUT2D eigenvalue weighted by atomic mass is 10.2. The van der Waals surface area contributed by atoms with Crippen LogP contribution in [0.25, 0.3) is 0 Å². The standard InChI is InChI=1S/C15H16N4O2/c1-3-8-16-13-9-14(18-10-17-13)19-12-7-5-4-6-11(12)15(20)21-2/h3-7,9-10H,1,8H2,2H3,(H2,16,17,18,19). The predicted octanol–water partition coefficient (Wildman–Crippen LogP) is 2.60. The van der Waals surface area contributed by atoms with E-state index in [9.17, 15) is 4.79 Å². The van der Waals surface area contributed by atoms with E-state index in [0.717, 1.165) is 0 Å². The van der Waals surface area contributed by atoms with E-state index >= 15 is 0 Å². The monoisotopic (exact) mass is 284 g/mol. The molecular weight excluding hydrogens is 268 g/mol. The van der Waals surface area contributed by atoms with Crippen molar-refractivity contribution < 1.29 is 9.53 Å². The Morgan fingerprint density at radius 2 is 2.10 bits per heavy atom. The Balaban J connectivity index is 2.22. The van der Waals surface area contributed by atoms with Crippen molar-refractivity contribution in [2.45, 2.75) is 0 Å². The van der Waals surface area contributed by atoms with Crippen molar-refractivity contribution in [1.29, 1.82) is 0 Å². The molecule has 6 heteroatoms. The minimum atomic E-state index is -0.405. The summed E-state index contributed by atoms with van der Waals surface area (Å²) in [5.74, 6) is 0.841. The second kappa shape index (κ2) is 7.04. The Bertz CT molecular complexity index is 643. The molecule has 0 amide bonds. The molecule has 1 heterocycles. The van der Waals surface area contributed by atoms with E-state index in [2.05, 4.69) is 27.2 Å². The first-order chi connectivity index (χ1) is 10.2. The number of aromatic nitrogens is 2. The summed E-state index contributed by atoms with van der Waals surface area (Å²) >= 11 is 0. The smallest absolute Gasteiger partial charge is 0.339 e. The fraction of sp³-hybridized carbons (Fsp3) is 0.133. The summed E-state index contributed by atoms with van der Waals surface area (Å²) in [6.07, 6.45) is 3.18. The van der Waals surface area contributed by atoms with Crippen LogP contribution in [-0.4, -0.2) is 29.6 Å². The number of nitrogens with zero attached hydrogens (tertiary/aromatic N) is 2. The number of methoxy groups -OCH3 is 1. The van der Waals surface area contributed by atoms with E-state index in [4.69, 9.17) is 4.74 Å². The molecule has 0 aliphatic carbocycles. The molecule has 0 atom stereocenters. The highest BCUT2D eigenvalue weighted by Gasteiger charge is 2.11. The van der Waals surface area contributed by atoms with Crippen molar-refractivity contribution >= 4 is 23.3 Å². The third kappa shape index (κ3) is 3.79. The number of hydrogen-bond acceptors (Lipinski definition) is 6. The van der Waals surface area contributed by atoms with Gasteiger partial charge in [-0.2, -0.15) is 0 Å². The maximum Gasteiger partial charge on any atom is 0.339 e. The van der Waals surface area contributed by atoms with Gasteiger partial charge in [-0.05, 0) is 12.1 Å². The molecule has 2 rings (SSSR count). The molecule has 6 nitrogen and oxygen atoms in total. The van der Waals surface area contributed by atoms with Crippen LogP contribution in [-0.2, 0) is 4.74 Å². The fourth-order valence-electron chi connectivity index (χ4n) is 1.72. The van der Waals surface area contributed by atoms with Crippen molar-refractivity contribution in [2.75, 3.05) is 24.3 Å². The molecule has 21 heavy (non-hydrogen) atoms. The van der Waals surface area contributed by atoms with Crippen LogP contribution < -0.4 is 10.6 Å². The minimum Gasteiger partial charge on any atom is -0.465 e. The van der Waals surface area contributed by atoms with Gasteiger partial charge in [0, 0.05) is 12.6 Å². The number of anilines is 3. The molecular formula is C15H16N4O2.